The van der Waals surface area contributed by atoms with Crippen molar-refractivity contribution in [2.45, 2.75) is 45.6 Å². The van der Waals surface area contributed by atoms with Gasteiger partial charge in [-0.15, -0.1) is 0 Å². The molecule has 1 saturated heterocycles. The van der Waals surface area contributed by atoms with Gasteiger partial charge in [-0.05, 0) is 56.3 Å². The molecule has 1 atom stereocenters. The summed E-state index contributed by atoms with van der Waals surface area (Å²) in [5.41, 5.74) is 1.55. The Balaban J connectivity index is 2.22. The average molecular weight is 277 g/mol. The molecule has 112 valence electrons. The van der Waals surface area contributed by atoms with E-state index in [1.54, 1.807) is 7.11 Å². The van der Waals surface area contributed by atoms with Crippen molar-refractivity contribution in [2.75, 3.05) is 20.3 Å². The summed E-state index contributed by atoms with van der Waals surface area (Å²) in [6, 6.07) is 6.31. The molecular formula is C17H27NO2. The first-order chi connectivity index (χ1) is 9.61. The molecule has 1 aromatic rings. The lowest BCUT2D eigenvalue weighted by Gasteiger charge is -2.34. The third-order valence-corrected chi connectivity index (χ3v) is 4.43. The molecule has 20 heavy (non-hydrogen) atoms. The first-order valence-corrected chi connectivity index (χ1v) is 7.66. The Morgan fingerprint density at radius 3 is 2.65 bits per heavy atom. The summed E-state index contributed by atoms with van der Waals surface area (Å²) < 4.78 is 11.0. The van der Waals surface area contributed by atoms with E-state index < -0.39 is 0 Å². The smallest absolute Gasteiger partial charge is 0.161 e. The van der Waals surface area contributed by atoms with Gasteiger partial charge < -0.3 is 14.8 Å². The molecule has 3 nitrogen and oxygen atoms in total. The van der Waals surface area contributed by atoms with E-state index in [2.05, 4.69) is 31.3 Å². The molecule has 1 N–H and O–H groups in total. The third kappa shape index (κ3) is 3.09. The van der Waals surface area contributed by atoms with Crippen LogP contribution in [0.1, 0.15) is 39.2 Å². The van der Waals surface area contributed by atoms with E-state index in [1.807, 2.05) is 13.0 Å². The molecule has 0 radical (unpaired) electrons. The average Bonchev–Trinajstić information content (AvgIpc) is 2.89. The van der Waals surface area contributed by atoms with E-state index in [0.29, 0.717) is 12.5 Å². The number of ether oxygens (including phenoxy) is 2. The fourth-order valence-electron chi connectivity index (χ4n) is 3.14. The van der Waals surface area contributed by atoms with Crippen LogP contribution in [0.25, 0.3) is 0 Å². The van der Waals surface area contributed by atoms with Gasteiger partial charge in [0.1, 0.15) is 0 Å². The third-order valence-electron chi connectivity index (χ3n) is 4.43. The molecule has 1 aliphatic rings. The molecule has 1 aliphatic heterocycles. The van der Waals surface area contributed by atoms with Crippen LogP contribution >= 0.6 is 0 Å². The van der Waals surface area contributed by atoms with Crippen LogP contribution in [0.4, 0.5) is 0 Å². The van der Waals surface area contributed by atoms with Crippen molar-refractivity contribution in [3.63, 3.8) is 0 Å². The van der Waals surface area contributed by atoms with Gasteiger partial charge in [0.05, 0.1) is 13.7 Å². The Kier molecular flexibility index (Phi) is 4.92. The van der Waals surface area contributed by atoms with E-state index in [9.17, 15) is 0 Å². The number of hydrogen-bond acceptors (Lipinski definition) is 3. The molecule has 1 unspecified atom stereocenters. The molecule has 2 rings (SSSR count). The van der Waals surface area contributed by atoms with Crippen LogP contribution in [0.5, 0.6) is 11.5 Å². The first kappa shape index (κ1) is 15.2. The van der Waals surface area contributed by atoms with Gasteiger partial charge >= 0.3 is 0 Å². The summed E-state index contributed by atoms with van der Waals surface area (Å²) in [4.78, 5) is 0. The van der Waals surface area contributed by atoms with Crippen LogP contribution in [0, 0.1) is 5.92 Å². The van der Waals surface area contributed by atoms with Crippen LogP contribution in [0.15, 0.2) is 18.2 Å². The van der Waals surface area contributed by atoms with E-state index in [1.165, 1.54) is 18.4 Å². The molecule has 1 heterocycles. The zero-order chi connectivity index (χ0) is 14.6. The second-order valence-electron chi connectivity index (χ2n) is 5.94. The maximum absolute atomic E-state index is 5.68. The van der Waals surface area contributed by atoms with Crippen molar-refractivity contribution >= 4 is 0 Å². The summed E-state index contributed by atoms with van der Waals surface area (Å²) in [6.45, 7) is 8.41. The van der Waals surface area contributed by atoms with Gasteiger partial charge in [-0.1, -0.05) is 19.9 Å². The Hall–Kier alpha value is -1.22. The van der Waals surface area contributed by atoms with Crippen molar-refractivity contribution in [3.8, 4) is 11.5 Å². The lowest BCUT2D eigenvalue weighted by atomic mass is 9.80. The van der Waals surface area contributed by atoms with Crippen molar-refractivity contribution in [1.29, 1.82) is 0 Å². The standard InChI is InChI=1S/C17H27NO2/c1-5-20-16-11-14(7-8-15(16)19-4)12-17(13(2)3)9-6-10-18-17/h7-8,11,13,18H,5-6,9-10,12H2,1-4H3. The topological polar surface area (TPSA) is 30.5 Å². The van der Waals surface area contributed by atoms with Crippen LogP contribution in [0.2, 0.25) is 0 Å². The molecule has 0 aliphatic carbocycles. The number of hydrogen-bond donors (Lipinski definition) is 1. The molecule has 0 spiro atoms. The van der Waals surface area contributed by atoms with Gasteiger partial charge in [0, 0.05) is 5.54 Å². The predicted molar refractivity (Wildman–Crippen MR) is 82.7 cm³/mol. The monoisotopic (exact) mass is 277 g/mol. The highest BCUT2D eigenvalue weighted by molar-refractivity contribution is 5.43. The molecule has 0 amide bonds. The highest BCUT2D eigenvalue weighted by atomic mass is 16.5. The SMILES string of the molecule is CCOc1cc(CC2(C(C)C)CCCN2)ccc1OC. The van der Waals surface area contributed by atoms with Crippen LogP contribution in [-0.4, -0.2) is 25.8 Å². The van der Waals surface area contributed by atoms with Crippen molar-refractivity contribution < 1.29 is 9.47 Å². The highest BCUT2D eigenvalue weighted by Crippen LogP contribution is 2.34. The lowest BCUT2D eigenvalue weighted by molar-refractivity contribution is 0.268. The fourth-order valence-corrected chi connectivity index (χ4v) is 3.14. The zero-order valence-corrected chi connectivity index (χ0v) is 13.2. The van der Waals surface area contributed by atoms with Crippen LogP contribution in [0.3, 0.4) is 0 Å². The first-order valence-electron chi connectivity index (χ1n) is 7.66. The minimum absolute atomic E-state index is 0.234. The molecule has 3 heteroatoms. The summed E-state index contributed by atoms with van der Waals surface area (Å²) in [5.74, 6) is 2.29. The van der Waals surface area contributed by atoms with Gasteiger partial charge in [-0.3, -0.25) is 0 Å². The minimum atomic E-state index is 0.234. The second kappa shape index (κ2) is 6.49. The largest absolute Gasteiger partial charge is 0.493 e. The summed E-state index contributed by atoms with van der Waals surface area (Å²) in [6.07, 6.45) is 3.57. The minimum Gasteiger partial charge on any atom is -0.493 e. The normalized spacial score (nSPS) is 22.2. The van der Waals surface area contributed by atoms with Gasteiger partial charge in [0.2, 0.25) is 0 Å². The van der Waals surface area contributed by atoms with E-state index >= 15 is 0 Å². The number of benzene rings is 1. The Morgan fingerprint density at radius 1 is 1.30 bits per heavy atom. The molecule has 1 fully saturated rings. The van der Waals surface area contributed by atoms with E-state index in [-0.39, 0.29) is 5.54 Å². The summed E-state index contributed by atoms with van der Waals surface area (Å²) in [5, 5.41) is 3.73. The van der Waals surface area contributed by atoms with Crippen LogP contribution in [-0.2, 0) is 6.42 Å². The molecule has 0 saturated carbocycles. The Labute approximate surface area is 122 Å². The van der Waals surface area contributed by atoms with Gasteiger partial charge in [-0.2, -0.15) is 0 Å². The van der Waals surface area contributed by atoms with Gasteiger partial charge in [-0.25, -0.2) is 0 Å². The molecule has 0 bridgehead atoms. The van der Waals surface area contributed by atoms with E-state index in [4.69, 9.17) is 9.47 Å². The Morgan fingerprint density at radius 2 is 2.10 bits per heavy atom. The number of nitrogens with one attached hydrogen (secondary N) is 1. The van der Waals surface area contributed by atoms with Crippen molar-refractivity contribution in [2.24, 2.45) is 5.92 Å². The summed E-state index contributed by atoms with van der Waals surface area (Å²) >= 11 is 0. The summed E-state index contributed by atoms with van der Waals surface area (Å²) in [7, 11) is 1.69. The molecular weight excluding hydrogens is 250 g/mol. The van der Waals surface area contributed by atoms with Crippen LogP contribution < -0.4 is 14.8 Å². The lowest BCUT2D eigenvalue weighted by Crippen LogP contribution is -2.46. The molecule has 1 aromatic carbocycles. The maximum atomic E-state index is 5.68. The quantitative estimate of drug-likeness (QED) is 0.864. The maximum Gasteiger partial charge on any atom is 0.161 e. The second-order valence-corrected chi connectivity index (χ2v) is 5.94. The predicted octanol–water partition coefficient (Wildman–Crippen LogP) is 3.41. The Bertz CT molecular complexity index is 437. The highest BCUT2D eigenvalue weighted by Gasteiger charge is 2.36. The molecule has 0 aromatic heterocycles. The van der Waals surface area contributed by atoms with Crippen molar-refractivity contribution in [3.05, 3.63) is 23.8 Å². The van der Waals surface area contributed by atoms with Gasteiger partial charge in [0.15, 0.2) is 11.5 Å². The van der Waals surface area contributed by atoms with Crippen molar-refractivity contribution in [1.82, 2.24) is 5.32 Å². The van der Waals surface area contributed by atoms with Gasteiger partial charge in [0.25, 0.3) is 0 Å². The van der Waals surface area contributed by atoms with E-state index in [0.717, 1.165) is 24.5 Å². The number of methoxy groups -OCH3 is 1. The number of rotatable bonds is 6. The zero-order valence-electron chi connectivity index (χ0n) is 13.2. The fraction of sp³-hybridized carbons (Fsp3) is 0.647.